The van der Waals surface area contributed by atoms with E-state index in [4.69, 9.17) is 11.6 Å². The van der Waals surface area contributed by atoms with Crippen molar-refractivity contribution in [3.8, 4) is 0 Å². The first kappa shape index (κ1) is 16.4. The SMILES string of the molecule is Cc1ccc2[nH]c3c(=O)n(CC(=O)Nc4cccc(Cl)c4)ncc3c2c1. The number of rotatable bonds is 3. The molecule has 2 heterocycles. The van der Waals surface area contributed by atoms with E-state index in [-0.39, 0.29) is 18.0 Å². The Hall–Kier alpha value is -3.12. The van der Waals surface area contributed by atoms with Crippen molar-refractivity contribution in [1.82, 2.24) is 14.8 Å². The molecule has 130 valence electrons. The van der Waals surface area contributed by atoms with E-state index in [0.29, 0.717) is 16.2 Å². The molecule has 0 fully saturated rings. The number of nitrogens with one attached hydrogen (secondary N) is 2. The second-order valence-electron chi connectivity index (χ2n) is 6.13. The van der Waals surface area contributed by atoms with Crippen molar-refractivity contribution in [2.75, 3.05) is 5.32 Å². The monoisotopic (exact) mass is 366 g/mol. The van der Waals surface area contributed by atoms with Crippen LogP contribution in [0, 0.1) is 6.92 Å². The van der Waals surface area contributed by atoms with Gasteiger partial charge in [0, 0.05) is 27.0 Å². The van der Waals surface area contributed by atoms with Gasteiger partial charge in [-0.05, 0) is 37.3 Å². The van der Waals surface area contributed by atoms with E-state index in [9.17, 15) is 9.59 Å². The van der Waals surface area contributed by atoms with Gasteiger partial charge in [0.05, 0.1) is 6.20 Å². The highest BCUT2D eigenvalue weighted by molar-refractivity contribution is 6.30. The summed E-state index contributed by atoms with van der Waals surface area (Å²) in [6, 6.07) is 12.7. The maximum Gasteiger partial charge on any atom is 0.291 e. The number of hydrogen-bond donors (Lipinski definition) is 2. The molecule has 0 saturated carbocycles. The zero-order valence-corrected chi connectivity index (χ0v) is 14.7. The van der Waals surface area contributed by atoms with Crippen LogP contribution in [0.5, 0.6) is 0 Å². The van der Waals surface area contributed by atoms with Crippen LogP contribution < -0.4 is 10.9 Å². The predicted molar refractivity (Wildman–Crippen MR) is 103 cm³/mol. The van der Waals surface area contributed by atoms with Gasteiger partial charge in [0.2, 0.25) is 5.91 Å². The Morgan fingerprint density at radius 2 is 2.08 bits per heavy atom. The molecule has 0 spiro atoms. The van der Waals surface area contributed by atoms with Crippen LogP contribution in [-0.2, 0) is 11.3 Å². The number of anilines is 1. The second kappa shape index (κ2) is 6.31. The number of halogens is 1. The first-order chi connectivity index (χ1) is 12.5. The molecule has 26 heavy (non-hydrogen) atoms. The molecule has 4 aromatic rings. The zero-order valence-electron chi connectivity index (χ0n) is 13.9. The molecule has 2 aromatic heterocycles. The van der Waals surface area contributed by atoms with Gasteiger partial charge in [0.25, 0.3) is 5.56 Å². The number of aromatic amines is 1. The van der Waals surface area contributed by atoms with Crippen molar-refractivity contribution < 1.29 is 4.79 Å². The summed E-state index contributed by atoms with van der Waals surface area (Å²) in [5.41, 5.74) is 2.64. The molecule has 0 aliphatic heterocycles. The minimum Gasteiger partial charge on any atom is -0.350 e. The van der Waals surface area contributed by atoms with Gasteiger partial charge >= 0.3 is 0 Å². The van der Waals surface area contributed by atoms with E-state index >= 15 is 0 Å². The van der Waals surface area contributed by atoms with Crippen LogP contribution in [0.2, 0.25) is 5.02 Å². The maximum absolute atomic E-state index is 12.7. The Balaban J connectivity index is 1.66. The summed E-state index contributed by atoms with van der Waals surface area (Å²) in [7, 11) is 0. The summed E-state index contributed by atoms with van der Waals surface area (Å²) in [6.45, 7) is 1.81. The summed E-state index contributed by atoms with van der Waals surface area (Å²) in [5.74, 6) is -0.354. The smallest absolute Gasteiger partial charge is 0.291 e. The van der Waals surface area contributed by atoms with E-state index in [0.717, 1.165) is 26.5 Å². The number of aromatic nitrogens is 3. The Morgan fingerprint density at radius 1 is 1.23 bits per heavy atom. The van der Waals surface area contributed by atoms with Crippen molar-refractivity contribution in [1.29, 1.82) is 0 Å². The normalized spacial score (nSPS) is 11.2. The summed E-state index contributed by atoms with van der Waals surface area (Å²) in [5, 5.41) is 9.08. The van der Waals surface area contributed by atoms with Gasteiger partial charge < -0.3 is 10.3 Å². The van der Waals surface area contributed by atoms with E-state index < -0.39 is 0 Å². The summed E-state index contributed by atoms with van der Waals surface area (Å²) < 4.78 is 1.14. The molecular formula is C19H15ClN4O2. The Labute approximate surface area is 153 Å². The van der Waals surface area contributed by atoms with Crippen molar-refractivity contribution >= 4 is 45.0 Å². The minimum absolute atomic E-state index is 0.185. The fourth-order valence-corrected chi connectivity index (χ4v) is 3.14. The van der Waals surface area contributed by atoms with Gasteiger partial charge in [-0.25, -0.2) is 4.68 Å². The third-order valence-corrected chi connectivity index (χ3v) is 4.41. The van der Waals surface area contributed by atoms with Gasteiger partial charge in [-0.1, -0.05) is 29.3 Å². The lowest BCUT2D eigenvalue weighted by Gasteiger charge is -2.07. The molecule has 2 N–H and O–H groups in total. The average Bonchev–Trinajstić information content (AvgIpc) is 2.96. The highest BCUT2D eigenvalue weighted by Gasteiger charge is 2.13. The molecule has 0 atom stereocenters. The van der Waals surface area contributed by atoms with Crippen molar-refractivity contribution in [2.24, 2.45) is 0 Å². The number of nitrogens with zero attached hydrogens (tertiary/aromatic N) is 2. The van der Waals surface area contributed by atoms with Crippen LogP contribution in [-0.4, -0.2) is 20.7 Å². The number of aryl methyl sites for hydroxylation is 1. The summed E-state index contributed by atoms with van der Waals surface area (Å²) >= 11 is 5.91. The topological polar surface area (TPSA) is 79.8 Å². The highest BCUT2D eigenvalue weighted by Crippen LogP contribution is 2.23. The Morgan fingerprint density at radius 3 is 2.88 bits per heavy atom. The molecule has 0 aliphatic carbocycles. The number of carbonyl (C=O) groups excluding carboxylic acids is 1. The fourth-order valence-electron chi connectivity index (χ4n) is 2.95. The molecule has 2 aromatic carbocycles. The third kappa shape index (κ3) is 2.95. The van der Waals surface area contributed by atoms with Crippen molar-refractivity contribution in [2.45, 2.75) is 13.5 Å². The van der Waals surface area contributed by atoms with Crippen LogP contribution in [0.1, 0.15) is 5.56 Å². The second-order valence-corrected chi connectivity index (χ2v) is 6.57. The van der Waals surface area contributed by atoms with Gasteiger partial charge in [0.1, 0.15) is 12.1 Å². The zero-order chi connectivity index (χ0) is 18.3. The standard InChI is InChI=1S/C19H15ClN4O2/c1-11-5-6-16-14(7-11)15-9-21-24(19(26)18(15)23-16)10-17(25)22-13-4-2-3-12(20)8-13/h2-9,23H,10H2,1H3,(H,22,25). The third-order valence-electron chi connectivity index (χ3n) is 4.17. The fraction of sp³-hybridized carbons (Fsp3) is 0.105. The number of amides is 1. The molecule has 0 saturated heterocycles. The number of hydrogen-bond acceptors (Lipinski definition) is 3. The van der Waals surface area contributed by atoms with Crippen molar-refractivity contribution in [3.63, 3.8) is 0 Å². The molecule has 1 amide bonds. The molecule has 6 nitrogen and oxygen atoms in total. The lowest BCUT2D eigenvalue weighted by Crippen LogP contribution is -2.29. The molecule has 0 radical (unpaired) electrons. The van der Waals surface area contributed by atoms with Crippen LogP contribution in [0.3, 0.4) is 0 Å². The highest BCUT2D eigenvalue weighted by atomic mass is 35.5. The summed E-state index contributed by atoms with van der Waals surface area (Å²) in [6.07, 6.45) is 1.61. The molecule has 4 rings (SSSR count). The van der Waals surface area contributed by atoms with Crippen LogP contribution in [0.15, 0.2) is 53.5 Å². The van der Waals surface area contributed by atoms with Crippen molar-refractivity contribution in [3.05, 3.63) is 69.6 Å². The van der Waals surface area contributed by atoms with Gasteiger partial charge in [0.15, 0.2) is 0 Å². The quantitative estimate of drug-likeness (QED) is 0.582. The van der Waals surface area contributed by atoms with Gasteiger partial charge in [-0.15, -0.1) is 0 Å². The number of fused-ring (bicyclic) bond motifs is 3. The average molecular weight is 367 g/mol. The molecular weight excluding hydrogens is 352 g/mol. The maximum atomic E-state index is 12.7. The molecule has 0 aliphatic rings. The molecule has 0 unspecified atom stereocenters. The van der Waals surface area contributed by atoms with Crippen LogP contribution in [0.4, 0.5) is 5.69 Å². The lowest BCUT2D eigenvalue weighted by atomic mass is 10.1. The first-order valence-electron chi connectivity index (χ1n) is 8.05. The molecule has 7 heteroatoms. The van der Waals surface area contributed by atoms with Gasteiger partial charge in [-0.2, -0.15) is 5.10 Å². The number of H-pyrrole nitrogens is 1. The summed E-state index contributed by atoms with van der Waals surface area (Å²) in [4.78, 5) is 28.0. The number of carbonyl (C=O) groups is 1. The Bertz CT molecular complexity index is 1210. The van der Waals surface area contributed by atoms with E-state index in [1.165, 1.54) is 0 Å². The van der Waals surface area contributed by atoms with Crippen LogP contribution >= 0.6 is 11.6 Å². The van der Waals surface area contributed by atoms with E-state index in [1.54, 1.807) is 30.5 Å². The largest absolute Gasteiger partial charge is 0.350 e. The van der Waals surface area contributed by atoms with Crippen LogP contribution in [0.25, 0.3) is 21.8 Å². The number of benzene rings is 2. The van der Waals surface area contributed by atoms with Gasteiger partial charge in [-0.3, -0.25) is 9.59 Å². The molecule has 0 bridgehead atoms. The van der Waals surface area contributed by atoms with E-state index in [1.807, 2.05) is 25.1 Å². The lowest BCUT2D eigenvalue weighted by molar-refractivity contribution is -0.117. The van der Waals surface area contributed by atoms with E-state index in [2.05, 4.69) is 15.4 Å². The first-order valence-corrected chi connectivity index (χ1v) is 8.42. The Kier molecular flexibility index (Phi) is 3.97. The minimum atomic E-state index is -0.354. The predicted octanol–water partition coefficient (Wildman–Crippen LogP) is 3.48.